The van der Waals surface area contributed by atoms with Crippen molar-refractivity contribution in [2.45, 2.75) is 26.4 Å². The smallest absolute Gasteiger partial charge is 0.225 e. The van der Waals surface area contributed by atoms with E-state index in [0.29, 0.717) is 24.8 Å². The van der Waals surface area contributed by atoms with Crippen molar-refractivity contribution in [2.75, 3.05) is 31.2 Å². The van der Waals surface area contributed by atoms with Crippen LogP contribution in [0.25, 0.3) is 0 Å². The second-order valence-electron chi connectivity index (χ2n) is 7.13. The number of hydrogen-bond donors (Lipinski definition) is 1. The van der Waals surface area contributed by atoms with Crippen LogP contribution in [0, 0.1) is 13.8 Å². The minimum atomic E-state index is -0.115. The highest BCUT2D eigenvalue weighted by molar-refractivity contribution is 6.30. The zero-order valence-corrected chi connectivity index (χ0v) is 17.3. The molecule has 0 spiro atoms. The van der Waals surface area contributed by atoms with Gasteiger partial charge in [-0.3, -0.25) is 5.10 Å². The first-order valence-electron chi connectivity index (χ1n) is 9.68. The summed E-state index contributed by atoms with van der Waals surface area (Å²) in [4.78, 5) is 11.3. The van der Waals surface area contributed by atoms with E-state index in [1.54, 1.807) is 0 Å². The third-order valence-electron chi connectivity index (χ3n) is 4.75. The zero-order valence-electron chi connectivity index (χ0n) is 16.6. The van der Waals surface area contributed by atoms with Gasteiger partial charge in [0.05, 0.1) is 25.5 Å². The van der Waals surface area contributed by atoms with Crippen molar-refractivity contribution in [1.29, 1.82) is 0 Å². The highest BCUT2D eigenvalue weighted by Crippen LogP contribution is 2.24. The third-order valence-corrected chi connectivity index (χ3v) is 5.01. The quantitative estimate of drug-likeness (QED) is 0.664. The molecule has 29 heavy (non-hydrogen) atoms. The highest BCUT2D eigenvalue weighted by Gasteiger charge is 2.26. The lowest BCUT2D eigenvalue weighted by Gasteiger charge is -2.32. The summed E-state index contributed by atoms with van der Waals surface area (Å²) in [7, 11) is 0. The Kier molecular flexibility index (Phi) is 5.97. The molecule has 0 saturated carbocycles. The number of anilines is 1. The highest BCUT2D eigenvalue weighted by atomic mass is 35.5. The summed E-state index contributed by atoms with van der Waals surface area (Å²) in [6.07, 6.45) is 0.613. The largest absolute Gasteiger partial charge is 0.493 e. The number of H-pyrrole nitrogens is 1. The number of hydrogen-bond acceptors (Lipinski definition) is 6. The second-order valence-corrected chi connectivity index (χ2v) is 7.56. The maximum Gasteiger partial charge on any atom is 0.225 e. The molecule has 1 aromatic carbocycles. The summed E-state index contributed by atoms with van der Waals surface area (Å²) in [5.41, 5.74) is 3.84. The van der Waals surface area contributed by atoms with Crippen LogP contribution in [0.1, 0.15) is 28.9 Å². The van der Waals surface area contributed by atoms with E-state index in [0.717, 1.165) is 47.4 Å². The SMILES string of the molecule is Cc1cc(C)nc(N2CCOC(c3cc(CCOc4ccc(Cl)cc4)[nH]n3)C2)n1. The lowest BCUT2D eigenvalue weighted by atomic mass is 10.2. The second kappa shape index (κ2) is 8.80. The monoisotopic (exact) mass is 413 g/mol. The van der Waals surface area contributed by atoms with Gasteiger partial charge in [-0.2, -0.15) is 5.10 Å². The normalized spacial score (nSPS) is 16.8. The van der Waals surface area contributed by atoms with Crippen molar-refractivity contribution in [1.82, 2.24) is 20.2 Å². The van der Waals surface area contributed by atoms with Gasteiger partial charge < -0.3 is 14.4 Å². The van der Waals surface area contributed by atoms with Gasteiger partial charge in [-0.15, -0.1) is 0 Å². The van der Waals surface area contributed by atoms with Crippen molar-refractivity contribution < 1.29 is 9.47 Å². The summed E-state index contributed by atoms with van der Waals surface area (Å²) in [6, 6.07) is 11.4. The fourth-order valence-corrected chi connectivity index (χ4v) is 3.47. The van der Waals surface area contributed by atoms with E-state index in [1.807, 2.05) is 50.2 Å². The van der Waals surface area contributed by atoms with Crippen LogP contribution in [-0.4, -0.2) is 46.5 Å². The maximum absolute atomic E-state index is 5.95. The van der Waals surface area contributed by atoms with Crippen LogP contribution in [0.4, 0.5) is 5.95 Å². The summed E-state index contributed by atoms with van der Waals surface area (Å²) >= 11 is 5.89. The molecule has 0 aliphatic carbocycles. The minimum Gasteiger partial charge on any atom is -0.493 e. The number of nitrogens with zero attached hydrogens (tertiary/aromatic N) is 4. The number of nitrogens with one attached hydrogen (secondary N) is 1. The number of benzene rings is 1. The summed E-state index contributed by atoms with van der Waals surface area (Å²) in [5.74, 6) is 1.55. The predicted octanol–water partition coefficient (Wildman–Crippen LogP) is 3.67. The number of aromatic amines is 1. The molecule has 2 aromatic heterocycles. The van der Waals surface area contributed by atoms with E-state index < -0.39 is 0 Å². The summed E-state index contributed by atoms with van der Waals surface area (Å²) in [6.45, 7) is 6.59. The van der Waals surface area contributed by atoms with Crippen LogP contribution in [0.3, 0.4) is 0 Å². The molecule has 1 unspecified atom stereocenters. The van der Waals surface area contributed by atoms with E-state index in [9.17, 15) is 0 Å². The average molecular weight is 414 g/mol. The number of morpholine rings is 1. The standard InChI is InChI=1S/C21H24ClN5O2/c1-14-11-15(2)24-21(23-14)27-8-10-29-20(13-27)19-12-17(25-26-19)7-9-28-18-5-3-16(22)4-6-18/h3-6,11-12,20H,7-10,13H2,1-2H3,(H,25,26). The van der Waals surface area contributed by atoms with Gasteiger partial charge in [-0.1, -0.05) is 11.6 Å². The maximum atomic E-state index is 5.95. The van der Waals surface area contributed by atoms with E-state index in [4.69, 9.17) is 21.1 Å². The third kappa shape index (κ3) is 5.05. The fourth-order valence-electron chi connectivity index (χ4n) is 3.34. The Hall–Kier alpha value is -2.64. The predicted molar refractivity (Wildman–Crippen MR) is 112 cm³/mol. The minimum absolute atomic E-state index is 0.115. The van der Waals surface area contributed by atoms with Gasteiger partial charge >= 0.3 is 0 Å². The first kappa shape index (κ1) is 19.7. The number of aryl methyl sites for hydroxylation is 2. The topological polar surface area (TPSA) is 76.2 Å². The Labute approximate surface area is 175 Å². The van der Waals surface area contributed by atoms with Crippen LogP contribution >= 0.6 is 11.6 Å². The first-order valence-corrected chi connectivity index (χ1v) is 10.1. The molecule has 1 fully saturated rings. The van der Waals surface area contributed by atoms with Crippen molar-refractivity contribution >= 4 is 17.5 Å². The molecule has 4 rings (SSSR count). The van der Waals surface area contributed by atoms with Gasteiger partial charge in [0.15, 0.2) is 0 Å². The first-order chi connectivity index (χ1) is 14.1. The molecule has 1 aliphatic rings. The van der Waals surface area contributed by atoms with Gasteiger partial charge in [0.1, 0.15) is 11.9 Å². The van der Waals surface area contributed by atoms with E-state index in [2.05, 4.69) is 25.1 Å². The molecule has 1 aliphatic heterocycles. The van der Waals surface area contributed by atoms with Crippen LogP contribution in [0.2, 0.25) is 5.02 Å². The van der Waals surface area contributed by atoms with E-state index in [1.165, 1.54) is 0 Å². The van der Waals surface area contributed by atoms with Crippen LogP contribution in [-0.2, 0) is 11.2 Å². The molecule has 152 valence electrons. The van der Waals surface area contributed by atoms with E-state index in [-0.39, 0.29) is 6.10 Å². The molecule has 0 radical (unpaired) electrons. The molecule has 7 nitrogen and oxygen atoms in total. The lowest BCUT2D eigenvalue weighted by Crippen LogP contribution is -2.39. The van der Waals surface area contributed by atoms with Crippen LogP contribution in [0.15, 0.2) is 36.4 Å². The van der Waals surface area contributed by atoms with Crippen molar-refractivity contribution in [2.24, 2.45) is 0 Å². The molecule has 1 N–H and O–H groups in total. The van der Waals surface area contributed by atoms with Crippen molar-refractivity contribution in [3.8, 4) is 5.75 Å². The summed E-state index contributed by atoms with van der Waals surface area (Å²) < 4.78 is 11.7. The molecule has 8 heteroatoms. The molecule has 0 bridgehead atoms. The molecular formula is C21H24ClN5O2. The fraction of sp³-hybridized carbons (Fsp3) is 0.381. The zero-order chi connectivity index (χ0) is 20.2. The lowest BCUT2D eigenvalue weighted by molar-refractivity contribution is 0.0364. The Balaban J connectivity index is 1.35. The number of ether oxygens (including phenoxy) is 2. The molecular weight excluding hydrogens is 390 g/mol. The van der Waals surface area contributed by atoms with E-state index >= 15 is 0 Å². The number of aromatic nitrogens is 4. The molecule has 3 aromatic rings. The Bertz CT molecular complexity index is 940. The van der Waals surface area contributed by atoms with Crippen LogP contribution < -0.4 is 9.64 Å². The van der Waals surface area contributed by atoms with Gasteiger partial charge in [0.2, 0.25) is 5.95 Å². The molecule has 0 amide bonds. The number of halogens is 1. The number of rotatable bonds is 6. The Morgan fingerprint density at radius 1 is 1.17 bits per heavy atom. The molecule has 1 atom stereocenters. The molecule has 1 saturated heterocycles. The van der Waals surface area contributed by atoms with Gasteiger partial charge in [0, 0.05) is 35.1 Å². The van der Waals surface area contributed by atoms with Gasteiger partial charge in [-0.05, 0) is 50.2 Å². The average Bonchev–Trinajstić information content (AvgIpc) is 3.18. The van der Waals surface area contributed by atoms with Crippen molar-refractivity contribution in [3.05, 3.63) is 64.2 Å². The molecule has 3 heterocycles. The van der Waals surface area contributed by atoms with Crippen molar-refractivity contribution in [3.63, 3.8) is 0 Å². The van der Waals surface area contributed by atoms with Gasteiger partial charge in [0.25, 0.3) is 0 Å². The Morgan fingerprint density at radius 3 is 2.69 bits per heavy atom. The summed E-state index contributed by atoms with van der Waals surface area (Å²) in [5, 5.41) is 8.24. The van der Waals surface area contributed by atoms with Gasteiger partial charge in [-0.25, -0.2) is 9.97 Å². The Morgan fingerprint density at radius 2 is 1.93 bits per heavy atom. The van der Waals surface area contributed by atoms with Crippen LogP contribution in [0.5, 0.6) is 5.75 Å².